The van der Waals surface area contributed by atoms with Crippen LogP contribution >= 0.6 is 11.6 Å². The second kappa shape index (κ2) is 9.02. The van der Waals surface area contributed by atoms with Crippen LogP contribution in [0.2, 0.25) is 0 Å². The van der Waals surface area contributed by atoms with Gasteiger partial charge in [-0.3, -0.25) is 4.79 Å². The Morgan fingerprint density at radius 2 is 2.00 bits per heavy atom. The van der Waals surface area contributed by atoms with Gasteiger partial charge in [0.1, 0.15) is 17.7 Å². The Morgan fingerprint density at radius 1 is 1.25 bits per heavy atom. The summed E-state index contributed by atoms with van der Waals surface area (Å²) >= 11 is 6.43. The van der Waals surface area contributed by atoms with E-state index in [1.165, 1.54) is 0 Å². The topological polar surface area (TPSA) is 48.0 Å². The van der Waals surface area contributed by atoms with Crippen molar-refractivity contribution in [3.05, 3.63) is 60.7 Å². The lowest BCUT2D eigenvalue weighted by molar-refractivity contribution is -0.119. The number of para-hydroxylation sites is 1. The van der Waals surface area contributed by atoms with Crippen molar-refractivity contribution < 1.29 is 19.0 Å². The van der Waals surface area contributed by atoms with E-state index in [0.29, 0.717) is 36.1 Å². The van der Waals surface area contributed by atoms with Crippen LogP contribution in [0.5, 0.6) is 17.2 Å². The van der Waals surface area contributed by atoms with Crippen LogP contribution in [0.25, 0.3) is 0 Å². The Hall–Kier alpha value is -2.66. The largest absolute Gasteiger partial charge is 0.489 e. The van der Waals surface area contributed by atoms with Crippen molar-refractivity contribution in [3.63, 3.8) is 0 Å². The zero-order valence-corrected chi connectivity index (χ0v) is 16.8. The van der Waals surface area contributed by atoms with Crippen LogP contribution < -0.4 is 19.1 Å². The van der Waals surface area contributed by atoms with E-state index in [1.807, 2.05) is 44.2 Å². The van der Waals surface area contributed by atoms with Gasteiger partial charge in [0.15, 0.2) is 11.5 Å². The highest BCUT2D eigenvalue weighted by atomic mass is 35.5. The third kappa shape index (κ3) is 4.42. The summed E-state index contributed by atoms with van der Waals surface area (Å²) in [6.45, 7) is 8.42. The monoisotopic (exact) mass is 401 g/mol. The SMILES string of the molecule is C=CCOc1ccccc1CN(C(=O)C(Cl)C(C)C)c1ccc2c(c1)OCO2. The summed E-state index contributed by atoms with van der Waals surface area (Å²) in [7, 11) is 0. The zero-order chi connectivity index (χ0) is 20.1. The van der Waals surface area contributed by atoms with Gasteiger partial charge >= 0.3 is 0 Å². The van der Waals surface area contributed by atoms with Crippen molar-refractivity contribution in [2.45, 2.75) is 25.8 Å². The molecule has 0 saturated heterocycles. The fourth-order valence-electron chi connectivity index (χ4n) is 2.88. The molecule has 0 aromatic heterocycles. The Morgan fingerprint density at radius 3 is 2.75 bits per heavy atom. The fourth-order valence-corrected chi connectivity index (χ4v) is 3.00. The number of fused-ring (bicyclic) bond motifs is 1. The van der Waals surface area contributed by atoms with E-state index in [9.17, 15) is 4.79 Å². The van der Waals surface area contributed by atoms with E-state index in [4.69, 9.17) is 25.8 Å². The van der Waals surface area contributed by atoms with Crippen molar-refractivity contribution in [3.8, 4) is 17.2 Å². The molecule has 3 rings (SSSR count). The molecule has 6 heteroatoms. The molecule has 0 saturated carbocycles. The molecule has 0 radical (unpaired) electrons. The molecule has 2 aromatic carbocycles. The number of anilines is 1. The highest BCUT2D eigenvalue weighted by Crippen LogP contribution is 2.37. The molecule has 1 unspecified atom stereocenters. The second-order valence-electron chi connectivity index (χ2n) is 6.82. The number of hydrogen-bond acceptors (Lipinski definition) is 4. The number of nitrogens with zero attached hydrogens (tertiary/aromatic N) is 1. The van der Waals surface area contributed by atoms with Gasteiger partial charge in [0.25, 0.3) is 0 Å². The molecule has 5 nitrogen and oxygen atoms in total. The maximum absolute atomic E-state index is 13.2. The third-order valence-electron chi connectivity index (χ3n) is 4.41. The summed E-state index contributed by atoms with van der Waals surface area (Å²) in [6, 6.07) is 13.1. The van der Waals surface area contributed by atoms with Crippen molar-refractivity contribution >= 4 is 23.2 Å². The molecule has 0 aliphatic carbocycles. The predicted molar refractivity (Wildman–Crippen MR) is 110 cm³/mol. The molecule has 0 N–H and O–H groups in total. The number of benzene rings is 2. The summed E-state index contributed by atoms with van der Waals surface area (Å²) in [6.07, 6.45) is 1.69. The lowest BCUT2D eigenvalue weighted by atomic mass is 10.1. The molecule has 0 fully saturated rings. The van der Waals surface area contributed by atoms with E-state index in [0.717, 1.165) is 5.56 Å². The highest BCUT2D eigenvalue weighted by molar-refractivity contribution is 6.33. The number of ether oxygens (including phenoxy) is 3. The first-order valence-electron chi connectivity index (χ1n) is 9.18. The minimum absolute atomic E-state index is 0.00191. The van der Waals surface area contributed by atoms with Gasteiger partial charge in [-0.05, 0) is 24.1 Å². The summed E-state index contributed by atoms with van der Waals surface area (Å²) in [5.41, 5.74) is 1.57. The Balaban J connectivity index is 1.95. The van der Waals surface area contributed by atoms with Gasteiger partial charge in [0, 0.05) is 17.3 Å². The fraction of sp³-hybridized carbons (Fsp3) is 0.318. The minimum atomic E-state index is -0.647. The highest BCUT2D eigenvalue weighted by Gasteiger charge is 2.28. The normalized spacial score (nSPS) is 13.3. The van der Waals surface area contributed by atoms with Crippen LogP contribution in [0.3, 0.4) is 0 Å². The molecule has 1 atom stereocenters. The lowest BCUT2D eigenvalue weighted by Crippen LogP contribution is -2.38. The van der Waals surface area contributed by atoms with E-state index >= 15 is 0 Å². The summed E-state index contributed by atoms with van der Waals surface area (Å²) in [5.74, 6) is 1.81. The number of amides is 1. The molecule has 1 aliphatic heterocycles. The number of hydrogen-bond donors (Lipinski definition) is 0. The van der Waals surface area contributed by atoms with E-state index in [2.05, 4.69) is 6.58 Å². The van der Waals surface area contributed by atoms with Crippen LogP contribution in [-0.4, -0.2) is 24.7 Å². The minimum Gasteiger partial charge on any atom is -0.489 e. The summed E-state index contributed by atoms with van der Waals surface area (Å²) < 4.78 is 16.6. The molecular formula is C22H24ClNO4. The van der Waals surface area contributed by atoms with Crippen molar-refractivity contribution in [1.82, 2.24) is 0 Å². The Labute approximate surface area is 170 Å². The zero-order valence-electron chi connectivity index (χ0n) is 16.1. The average molecular weight is 402 g/mol. The van der Waals surface area contributed by atoms with Crippen LogP contribution in [0.1, 0.15) is 19.4 Å². The number of halogens is 1. The molecule has 0 bridgehead atoms. The Bertz CT molecular complexity index is 852. The van der Waals surface area contributed by atoms with Crippen LogP contribution in [0.4, 0.5) is 5.69 Å². The average Bonchev–Trinajstić information content (AvgIpc) is 3.17. The van der Waals surface area contributed by atoms with E-state index in [1.54, 1.807) is 23.1 Å². The maximum atomic E-state index is 13.2. The van der Waals surface area contributed by atoms with Crippen molar-refractivity contribution in [1.29, 1.82) is 0 Å². The van der Waals surface area contributed by atoms with Gasteiger partial charge in [-0.1, -0.05) is 44.7 Å². The molecule has 148 valence electrons. The van der Waals surface area contributed by atoms with Gasteiger partial charge in [-0.25, -0.2) is 0 Å². The first-order chi connectivity index (χ1) is 13.5. The lowest BCUT2D eigenvalue weighted by Gasteiger charge is -2.27. The summed E-state index contributed by atoms with van der Waals surface area (Å²) in [5, 5.41) is -0.647. The molecule has 28 heavy (non-hydrogen) atoms. The molecule has 1 aliphatic rings. The Kier molecular flexibility index (Phi) is 6.47. The first-order valence-corrected chi connectivity index (χ1v) is 9.61. The van der Waals surface area contributed by atoms with Gasteiger partial charge in [-0.2, -0.15) is 0 Å². The van der Waals surface area contributed by atoms with E-state index in [-0.39, 0.29) is 18.6 Å². The van der Waals surface area contributed by atoms with Gasteiger partial charge in [0.2, 0.25) is 12.7 Å². The number of carbonyl (C=O) groups excluding carboxylic acids is 1. The quantitative estimate of drug-likeness (QED) is 0.472. The van der Waals surface area contributed by atoms with Crippen LogP contribution in [-0.2, 0) is 11.3 Å². The molecular weight excluding hydrogens is 378 g/mol. The van der Waals surface area contributed by atoms with Crippen LogP contribution in [0, 0.1) is 5.92 Å². The predicted octanol–water partition coefficient (Wildman–Crippen LogP) is 4.78. The summed E-state index contributed by atoms with van der Waals surface area (Å²) in [4.78, 5) is 14.8. The van der Waals surface area contributed by atoms with Crippen LogP contribution in [0.15, 0.2) is 55.1 Å². The number of carbonyl (C=O) groups is 1. The third-order valence-corrected chi connectivity index (χ3v) is 5.10. The van der Waals surface area contributed by atoms with Gasteiger partial charge in [-0.15, -0.1) is 11.6 Å². The first kappa shape index (κ1) is 20.1. The number of alkyl halides is 1. The molecule has 1 amide bonds. The molecule has 2 aromatic rings. The van der Waals surface area contributed by atoms with Crippen molar-refractivity contribution in [2.75, 3.05) is 18.3 Å². The molecule has 0 spiro atoms. The van der Waals surface area contributed by atoms with Gasteiger partial charge in [0.05, 0.1) is 6.54 Å². The smallest absolute Gasteiger partial charge is 0.245 e. The maximum Gasteiger partial charge on any atom is 0.245 e. The van der Waals surface area contributed by atoms with Gasteiger partial charge < -0.3 is 19.1 Å². The number of rotatable bonds is 8. The standard InChI is InChI=1S/C22H24ClNO4/c1-4-11-26-18-8-6-5-7-16(18)13-24(22(25)21(23)15(2)3)17-9-10-19-20(12-17)28-14-27-19/h4-10,12,15,21H,1,11,13-14H2,2-3H3. The van der Waals surface area contributed by atoms with E-state index < -0.39 is 5.38 Å². The van der Waals surface area contributed by atoms with Crippen molar-refractivity contribution in [2.24, 2.45) is 5.92 Å². The molecule has 1 heterocycles. The second-order valence-corrected chi connectivity index (χ2v) is 7.29.